The van der Waals surface area contributed by atoms with Crippen LogP contribution in [0.25, 0.3) is 11.3 Å². The highest BCUT2D eigenvalue weighted by Gasteiger charge is 2.42. The van der Waals surface area contributed by atoms with Crippen molar-refractivity contribution >= 4 is 17.3 Å². The van der Waals surface area contributed by atoms with Gasteiger partial charge in [-0.15, -0.1) is 11.3 Å². The molecule has 0 aromatic carbocycles. The number of hydrogen-bond acceptors (Lipinski definition) is 4. The van der Waals surface area contributed by atoms with E-state index in [2.05, 4.69) is 10.2 Å². The Morgan fingerprint density at radius 1 is 1.48 bits per heavy atom. The van der Waals surface area contributed by atoms with Crippen molar-refractivity contribution in [3.63, 3.8) is 0 Å². The number of aryl methyl sites for hydroxylation is 1. The highest BCUT2D eigenvalue weighted by Crippen LogP contribution is 2.48. The Labute approximate surface area is 134 Å². The Morgan fingerprint density at radius 2 is 2.22 bits per heavy atom. The third-order valence-corrected chi connectivity index (χ3v) is 5.37. The van der Waals surface area contributed by atoms with Crippen LogP contribution in [0.15, 0.2) is 6.20 Å². The Kier molecular flexibility index (Phi) is 3.95. The molecule has 1 aliphatic rings. The van der Waals surface area contributed by atoms with Gasteiger partial charge in [0.1, 0.15) is 4.88 Å². The third kappa shape index (κ3) is 2.65. The number of thiophene rings is 1. The summed E-state index contributed by atoms with van der Waals surface area (Å²) < 4.78 is 44.7. The number of esters is 1. The first-order valence-electron chi connectivity index (χ1n) is 7.27. The standard InChI is InChI=1S/C15H15F3N2O2S/c1-3-22-14(21)13-9-5-4-8-6-19-20-11(8)10(9)12(23-13)7(2)15(16,17)18/h6-7H,3-5H2,1-2H3,(H,19,20). The minimum atomic E-state index is -4.38. The van der Waals surface area contributed by atoms with E-state index in [1.807, 2.05) is 0 Å². The van der Waals surface area contributed by atoms with E-state index in [1.54, 1.807) is 13.1 Å². The van der Waals surface area contributed by atoms with Crippen molar-refractivity contribution in [2.24, 2.45) is 0 Å². The van der Waals surface area contributed by atoms with Gasteiger partial charge in [-0.2, -0.15) is 18.3 Å². The SMILES string of the molecule is CCOC(=O)c1sc(C(C)C(F)(F)F)c2c1CCc1c[nH]nc1-2. The number of carbonyl (C=O) groups is 1. The predicted molar refractivity (Wildman–Crippen MR) is 79.7 cm³/mol. The summed E-state index contributed by atoms with van der Waals surface area (Å²) in [6.45, 7) is 2.97. The highest BCUT2D eigenvalue weighted by atomic mass is 32.1. The molecule has 0 radical (unpaired) electrons. The van der Waals surface area contributed by atoms with Gasteiger partial charge < -0.3 is 4.74 Å². The topological polar surface area (TPSA) is 55.0 Å². The molecule has 2 aromatic heterocycles. The quantitative estimate of drug-likeness (QED) is 0.854. The first kappa shape index (κ1) is 16.0. The van der Waals surface area contributed by atoms with Gasteiger partial charge in [-0.25, -0.2) is 4.79 Å². The molecule has 0 bridgehead atoms. The second-order valence-corrected chi connectivity index (χ2v) is 6.44. The first-order chi connectivity index (χ1) is 10.8. The Morgan fingerprint density at radius 3 is 2.87 bits per heavy atom. The normalized spacial score (nSPS) is 15.0. The summed E-state index contributed by atoms with van der Waals surface area (Å²) in [4.78, 5) is 12.5. The number of H-pyrrole nitrogens is 1. The van der Waals surface area contributed by atoms with Crippen LogP contribution in [0.5, 0.6) is 0 Å². The molecule has 1 N–H and O–H groups in total. The number of rotatable bonds is 3. The second-order valence-electron chi connectivity index (χ2n) is 5.39. The van der Waals surface area contributed by atoms with Crippen molar-refractivity contribution in [3.05, 3.63) is 27.1 Å². The van der Waals surface area contributed by atoms with E-state index in [4.69, 9.17) is 4.74 Å². The zero-order valence-electron chi connectivity index (χ0n) is 12.6. The predicted octanol–water partition coefficient (Wildman–Crippen LogP) is 4.08. The van der Waals surface area contributed by atoms with Gasteiger partial charge in [0, 0.05) is 16.6 Å². The minimum absolute atomic E-state index is 0.128. The summed E-state index contributed by atoms with van der Waals surface area (Å²) in [5.41, 5.74) is 2.47. The van der Waals surface area contributed by atoms with Gasteiger partial charge in [-0.3, -0.25) is 5.10 Å². The zero-order chi connectivity index (χ0) is 16.8. The van der Waals surface area contributed by atoms with E-state index in [-0.39, 0.29) is 16.4 Å². The van der Waals surface area contributed by atoms with Gasteiger partial charge in [0.15, 0.2) is 0 Å². The molecular weight excluding hydrogens is 329 g/mol. The minimum Gasteiger partial charge on any atom is -0.462 e. The Bertz CT molecular complexity index is 748. The summed E-state index contributed by atoms with van der Waals surface area (Å²) in [6, 6.07) is 0. The van der Waals surface area contributed by atoms with E-state index in [9.17, 15) is 18.0 Å². The van der Waals surface area contributed by atoms with Crippen molar-refractivity contribution < 1.29 is 22.7 Å². The summed E-state index contributed by atoms with van der Waals surface area (Å²) >= 11 is 0.877. The Balaban J connectivity index is 2.19. The van der Waals surface area contributed by atoms with Crippen molar-refractivity contribution in [2.45, 2.75) is 38.8 Å². The van der Waals surface area contributed by atoms with Crippen LogP contribution in [0.2, 0.25) is 0 Å². The van der Waals surface area contributed by atoms with Gasteiger partial charge in [0.2, 0.25) is 0 Å². The fraction of sp³-hybridized carbons (Fsp3) is 0.467. The van der Waals surface area contributed by atoms with E-state index < -0.39 is 18.1 Å². The highest BCUT2D eigenvalue weighted by molar-refractivity contribution is 7.14. The lowest BCUT2D eigenvalue weighted by atomic mass is 9.88. The van der Waals surface area contributed by atoms with E-state index in [0.29, 0.717) is 29.7 Å². The summed E-state index contributed by atoms with van der Waals surface area (Å²) in [5, 5.41) is 6.81. The number of aromatic nitrogens is 2. The molecule has 0 fully saturated rings. The molecule has 124 valence electrons. The zero-order valence-corrected chi connectivity index (χ0v) is 13.4. The average Bonchev–Trinajstić information content (AvgIpc) is 3.09. The van der Waals surface area contributed by atoms with Crippen molar-refractivity contribution in [2.75, 3.05) is 6.61 Å². The van der Waals surface area contributed by atoms with Crippen molar-refractivity contribution in [3.8, 4) is 11.3 Å². The fourth-order valence-corrected chi connectivity index (χ4v) is 4.10. The molecule has 0 saturated carbocycles. The van der Waals surface area contributed by atoms with Crippen LogP contribution in [-0.2, 0) is 17.6 Å². The van der Waals surface area contributed by atoms with Gasteiger partial charge in [0.25, 0.3) is 0 Å². The first-order valence-corrected chi connectivity index (χ1v) is 8.08. The molecular formula is C15H15F3N2O2S. The third-order valence-electron chi connectivity index (χ3n) is 3.98. The molecule has 2 heterocycles. The lowest BCUT2D eigenvalue weighted by Crippen LogP contribution is -2.18. The van der Waals surface area contributed by atoms with E-state index in [1.165, 1.54) is 0 Å². The van der Waals surface area contributed by atoms with Gasteiger partial charge in [-0.1, -0.05) is 0 Å². The number of hydrogen-bond donors (Lipinski definition) is 1. The number of aromatic amines is 1. The molecule has 23 heavy (non-hydrogen) atoms. The van der Waals surface area contributed by atoms with Crippen LogP contribution in [0.1, 0.15) is 45.4 Å². The van der Waals surface area contributed by atoms with Crippen molar-refractivity contribution in [1.82, 2.24) is 10.2 Å². The molecule has 1 unspecified atom stereocenters. The average molecular weight is 344 g/mol. The molecule has 3 rings (SSSR count). The maximum absolute atomic E-state index is 13.2. The van der Waals surface area contributed by atoms with Crippen LogP contribution < -0.4 is 0 Å². The molecule has 2 aromatic rings. The molecule has 1 atom stereocenters. The summed E-state index contributed by atoms with van der Waals surface area (Å²) in [5.74, 6) is -2.22. The van der Waals surface area contributed by atoms with Crippen LogP contribution >= 0.6 is 11.3 Å². The van der Waals surface area contributed by atoms with Crippen LogP contribution in [0.3, 0.4) is 0 Å². The maximum Gasteiger partial charge on any atom is 0.396 e. The number of fused-ring (bicyclic) bond motifs is 3. The van der Waals surface area contributed by atoms with Crippen LogP contribution in [0.4, 0.5) is 13.2 Å². The molecule has 0 spiro atoms. The van der Waals surface area contributed by atoms with E-state index in [0.717, 1.165) is 23.8 Å². The number of carbonyl (C=O) groups excluding carboxylic acids is 1. The van der Waals surface area contributed by atoms with Crippen LogP contribution in [0, 0.1) is 0 Å². The van der Waals surface area contributed by atoms with Crippen molar-refractivity contribution in [1.29, 1.82) is 0 Å². The lowest BCUT2D eigenvalue weighted by Gasteiger charge is -2.18. The van der Waals surface area contributed by atoms with Gasteiger partial charge in [-0.05, 0) is 37.8 Å². The summed E-state index contributed by atoms with van der Waals surface area (Å²) in [6.07, 6.45) is -1.53. The molecule has 1 aliphatic carbocycles. The smallest absolute Gasteiger partial charge is 0.396 e. The number of nitrogens with one attached hydrogen (secondary N) is 1. The maximum atomic E-state index is 13.2. The summed E-state index contributed by atoms with van der Waals surface area (Å²) in [7, 11) is 0. The lowest BCUT2D eigenvalue weighted by molar-refractivity contribution is -0.145. The van der Waals surface area contributed by atoms with Gasteiger partial charge >= 0.3 is 12.1 Å². The van der Waals surface area contributed by atoms with E-state index >= 15 is 0 Å². The molecule has 0 aliphatic heterocycles. The number of nitrogens with zero attached hydrogens (tertiary/aromatic N) is 1. The van der Waals surface area contributed by atoms with Crippen LogP contribution in [-0.4, -0.2) is 28.9 Å². The monoisotopic (exact) mass is 344 g/mol. The largest absolute Gasteiger partial charge is 0.462 e. The van der Waals surface area contributed by atoms with Gasteiger partial charge in [0.05, 0.1) is 18.2 Å². The second kappa shape index (κ2) is 5.67. The number of halogens is 3. The number of alkyl halides is 3. The fourth-order valence-electron chi connectivity index (χ4n) is 2.78. The molecule has 8 heteroatoms. The Hall–Kier alpha value is -1.83. The number of ether oxygens (including phenoxy) is 1. The molecule has 0 saturated heterocycles. The molecule has 4 nitrogen and oxygen atoms in total. The molecule has 0 amide bonds.